The van der Waals surface area contributed by atoms with Gasteiger partial charge in [-0.15, -0.1) is 0 Å². The Balaban J connectivity index is 1.53. The summed E-state index contributed by atoms with van der Waals surface area (Å²) in [6.45, 7) is 4.81. The van der Waals surface area contributed by atoms with Crippen molar-refractivity contribution in [1.82, 2.24) is 9.97 Å². The molecule has 0 bridgehead atoms. The maximum absolute atomic E-state index is 12.7. The third-order valence-corrected chi connectivity index (χ3v) is 4.51. The van der Waals surface area contributed by atoms with Crippen molar-refractivity contribution in [3.63, 3.8) is 0 Å². The van der Waals surface area contributed by atoms with Crippen LogP contribution in [-0.4, -0.2) is 42.2 Å². The third-order valence-electron chi connectivity index (χ3n) is 4.51. The van der Waals surface area contributed by atoms with Crippen LogP contribution < -0.4 is 19.7 Å². The van der Waals surface area contributed by atoms with Gasteiger partial charge in [-0.3, -0.25) is 4.79 Å². The van der Waals surface area contributed by atoms with E-state index in [1.807, 2.05) is 6.92 Å². The molecule has 0 unspecified atom stereocenters. The highest BCUT2D eigenvalue weighted by atomic mass is 16.6. The molecule has 1 aromatic carbocycles. The molecule has 4 rings (SSSR count). The van der Waals surface area contributed by atoms with Gasteiger partial charge in [0.2, 0.25) is 5.95 Å². The van der Waals surface area contributed by atoms with Crippen molar-refractivity contribution in [2.75, 3.05) is 36.5 Å². The zero-order valence-corrected chi connectivity index (χ0v) is 14.8. The van der Waals surface area contributed by atoms with Crippen molar-refractivity contribution < 1.29 is 14.3 Å². The fourth-order valence-corrected chi connectivity index (χ4v) is 3.22. The Kier molecular flexibility index (Phi) is 4.60. The van der Waals surface area contributed by atoms with E-state index in [0.29, 0.717) is 42.0 Å². The Bertz CT molecular complexity index is 818. The van der Waals surface area contributed by atoms with Gasteiger partial charge < -0.3 is 19.7 Å². The lowest BCUT2D eigenvalue weighted by Gasteiger charge is -2.27. The second-order valence-corrected chi connectivity index (χ2v) is 6.55. The monoisotopic (exact) mass is 354 g/mol. The number of nitrogens with zero attached hydrogens (tertiary/aromatic N) is 3. The van der Waals surface area contributed by atoms with Crippen molar-refractivity contribution in [2.24, 2.45) is 0 Å². The fourth-order valence-electron chi connectivity index (χ4n) is 3.22. The van der Waals surface area contributed by atoms with Crippen LogP contribution in [0.4, 0.5) is 11.6 Å². The molecule has 0 saturated carbocycles. The predicted molar refractivity (Wildman–Crippen MR) is 98.2 cm³/mol. The van der Waals surface area contributed by atoms with Gasteiger partial charge in [0, 0.05) is 30.5 Å². The summed E-state index contributed by atoms with van der Waals surface area (Å²) in [5.74, 6) is 1.71. The predicted octanol–water partition coefficient (Wildman–Crippen LogP) is 2.80. The summed E-state index contributed by atoms with van der Waals surface area (Å²) in [4.78, 5) is 23.8. The van der Waals surface area contributed by atoms with Gasteiger partial charge in [0.05, 0.1) is 0 Å². The SMILES string of the molecule is Cc1cc(C(=O)Nc2ccc3c(c2)OCCO3)nc(N2CCCCC2)n1. The van der Waals surface area contributed by atoms with Gasteiger partial charge in [-0.2, -0.15) is 0 Å². The van der Waals surface area contributed by atoms with Crippen molar-refractivity contribution >= 4 is 17.5 Å². The maximum Gasteiger partial charge on any atom is 0.274 e. The number of fused-ring (bicyclic) bond motifs is 1. The second kappa shape index (κ2) is 7.19. The first-order valence-corrected chi connectivity index (χ1v) is 9.01. The molecule has 2 aromatic rings. The summed E-state index contributed by atoms with van der Waals surface area (Å²) in [6, 6.07) is 7.08. The molecule has 0 aliphatic carbocycles. The standard InChI is InChI=1S/C19H22N4O3/c1-13-11-15(22-19(20-13)23-7-3-2-4-8-23)18(24)21-14-5-6-16-17(12-14)26-10-9-25-16/h5-6,11-12H,2-4,7-10H2,1H3,(H,21,24). The lowest BCUT2D eigenvalue weighted by molar-refractivity contribution is 0.102. The molecule has 0 atom stereocenters. The number of hydrogen-bond acceptors (Lipinski definition) is 6. The van der Waals surface area contributed by atoms with Gasteiger partial charge in [0.15, 0.2) is 11.5 Å². The van der Waals surface area contributed by atoms with Crippen LogP contribution in [0.5, 0.6) is 11.5 Å². The quantitative estimate of drug-likeness (QED) is 0.913. The van der Waals surface area contributed by atoms with Crippen molar-refractivity contribution in [3.8, 4) is 11.5 Å². The van der Waals surface area contributed by atoms with Crippen LogP contribution in [0.25, 0.3) is 0 Å². The first-order valence-electron chi connectivity index (χ1n) is 9.01. The molecule has 1 amide bonds. The molecule has 1 aromatic heterocycles. The smallest absolute Gasteiger partial charge is 0.274 e. The number of aromatic nitrogens is 2. The Morgan fingerprint density at radius 2 is 1.81 bits per heavy atom. The van der Waals surface area contributed by atoms with Gasteiger partial charge in [-0.05, 0) is 44.4 Å². The lowest BCUT2D eigenvalue weighted by Crippen LogP contribution is -2.31. The number of hydrogen-bond donors (Lipinski definition) is 1. The second-order valence-electron chi connectivity index (χ2n) is 6.55. The van der Waals surface area contributed by atoms with Crippen molar-refractivity contribution in [3.05, 3.63) is 35.7 Å². The van der Waals surface area contributed by atoms with Gasteiger partial charge >= 0.3 is 0 Å². The van der Waals surface area contributed by atoms with E-state index in [0.717, 1.165) is 31.6 Å². The number of benzene rings is 1. The number of aryl methyl sites for hydroxylation is 1. The molecule has 3 heterocycles. The molecule has 1 saturated heterocycles. The highest BCUT2D eigenvalue weighted by Crippen LogP contribution is 2.32. The van der Waals surface area contributed by atoms with Crippen LogP contribution in [0.1, 0.15) is 35.4 Å². The normalized spacial score (nSPS) is 16.3. The van der Waals surface area contributed by atoms with E-state index >= 15 is 0 Å². The third kappa shape index (κ3) is 3.56. The Hall–Kier alpha value is -2.83. The Labute approximate surface area is 152 Å². The van der Waals surface area contributed by atoms with Gasteiger partial charge in [-0.1, -0.05) is 0 Å². The molecule has 2 aliphatic rings. The van der Waals surface area contributed by atoms with E-state index in [9.17, 15) is 4.79 Å². The van der Waals surface area contributed by atoms with Crippen LogP contribution in [0.3, 0.4) is 0 Å². The molecule has 1 fully saturated rings. The van der Waals surface area contributed by atoms with Crippen LogP contribution in [0.2, 0.25) is 0 Å². The summed E-state index contributed by atoms with van der Waals surface area (Å²) < 4.78 is 11.1. The Morgan fingerprint density at radius 3 is 2.62 bits per heavy atom. The minimum absolute atomic E-state index is 0.259. The first-order chi connectivity index (χ1) is 12.7. The number of carbonyl (C=O) groups excluding carboxylic acids is 1. The molecule has 136 valence electrons. The average Bonchev–Trinajstić information content (AvgIpc) is 2.68. The summed E-state index contributed by atoms with van der Waals surface area (Å²) >= 11 is 0. The zero-order chi connectivity index (χ0) is 17.9. The van der Waals surface area contributed by atoms with Gasteiger partial charge in [-0.25, -0.2) is 9.97 Å². The van der Waals surface area contributed by atoms with E-state index < -0.39 is 0 Å². The zero-order valence-electron chi connectivity index (χ0n) is 14.8. The lowest BCUT2D eigenvalue weighted by atomic mass is 10.1. The number of anilines is 2. The number of ether oxygens (including phenoxy) is 2. The van der Waals surface area contributed by atoms with Crippen LogP contribution in [0, 0.1) is 6.92 Å². The van der Waals surface area contributed by atoms with Crippen LogP contribution >= 0.6 is 0 Å². The van der Waals surface area contributed by atoms with E-state index in [1.165, 1.54) is 6.42 Å². The number of amides is 1. The van der Waals surface area contributed by atoms with Crippen molar-refractivity contribution in [1.29, 1.82) is 0 Å². The number of rotatable bonds is 3. The average molecular weight is 354 g/mol. The van der Waals surface area contributed by atoms with E-state index in [2.05, 4.69) is 20.2 Å². The van der Waals surface area contributed by atoms with E-state index in [1.54, 1.807) is 24.3 Å². The summed E-state index contributed by atoms with van der Waals surface area (Å²) in [6.07, 6.45) is 3.51. The molecule has 2 aliphatic heterocycles. The largest absolute Gasteiger partial charge is 0.486 e. The first kappa shape index (κ1) is 16.6. The molecule has 0 spiro atoms. The number of piperidine rings is 1. The molecule has 0 radical (unpaired) electrons. The minimum atomic E-state index is -0.259. The summed E-state index contributed by atoms with van der Waals surface area (Å²) in [5.41, 5.74) is 1.80. The van der Waals surface area contributed by atoms with Gasteiger partial charge in [0.1, 0.15) is 18.9 Å². The molecule has 26 heavy (non-hydrogen) atoms. The van der Waals surface area contributed by atoms with Crippen LogP contribution in [0.15, 0.2) is 24.3 Å². The maximum atomic E-state index is 12.7. The van der Waals surface area contributed by atoms with E-state index in [4.69, 9.17) is 9.47 Å². The highest BCUT2D eigenvalue weighted by molar-refractivity contribution is 6.03. The highest BCUT2D eigenvalue weighted by Gasteiger charge is 2.18. The number of carbonyl (C=O) groups is 1. The van der Waals surface area contributed by atoms with Crippen molar-refractivity contribution in [2.45, 2.75) is 26.2 Å². The molecular formula is C19H22N4O3. The molecule has 7 nitrogen and oxygen atoms in total. The number of nitrogens with one attached hydrogen (secondary N) is 1. The fraction of sp³-hybridized carbons (Fsp3) is 0.421. The van der Waals surface area contributed by atoms with Gasteiger partial charge in [0.25, 0.3) is 5.91 Å². The summed E-state index contributed by atoms with van der Waals surface area (Å²) in [7, 11) is 0. The molecular weight excluding hydrogens is 332 g/mol. The Morgan fingerprint density at radius 1 is 1.04 bits per heavy atom. The molecule has 1 N–H and O–H groups in total. The minimum Gasteiger partial charge on any atom is -0.486 e. The van der Waals surface area contributed by atoms with E-state index in [-0.39, 0.29) is 5.91 Å². The summed E-state index contributed by atoms with van der Waals surface area (Å²) in [5, 5.41) is 2.88. The molecule has 7 heteroatoms. The van der Waals surface area contributed by atoms with Crippen LogP contribution in [-0.2, 0) is 0 Å². The topological polar surface area (TPSA) is 76.6 Å².